The van der Waals surface area contributed by atoms with Crippen molar-refractivity contribution in [3.05, 3.63) is 71.5 Å². The number of nitrogens with one attached hydrogen (secondary N) is 1. The van der Waals surface area contributed by atoms with Crippen molar-refractivity contribution < 1.29 is 9.47 Å². The second-order valence-corrected chi connectivity index (χ2v) is 7.12. The van der Waals surface area contributed by atoms with Crippen LogP contribution in [0, 0.1) is 0 Å². The van der Waals surface area contributed by atoms with Gasteiger partial charge in [0.25, 0.3) is 0 Å². The quantitative estimate of drug-likeness (QED) is 0.662. The number of aromatic nitrogens is 2. The Kier molecular flexibility index (Phi) is 5.91. The van der Waals surface area contributed by atoms with E-state index < -0.39 is 0 Å². The topological polar surface area (TPSA) is 59.5 Å². The van der Waals surface area contributed by atoms with Crippen LogP contribution < -0.4 is 14.8 Å². The molecule has 0 saturated heterocycles. The summed E-state index contributed by atoms with van der Waals surface area (Å²) in [5.41, 5.74) is 4.51. The van der Waals surface area contributed by atoms with Gasteiger partial charge in [0.2, 0.25) is 5.95 Å². The highest BCUT2D eigenvalue weighted by atomic mass is 16.5. The van der Waals surface area contributed by atoms with Gasteiger partial charge in [-0.15, -0.1) is 0 Å². The van der Waals surface area contributed by atoms with Gasteiger partial charge >= 0.3 is 0 Å². The van der Waals surface area contributed by atoms with Crippen molar-refractivity contribution in [2.24, 2.45) is 0 Å². The lowest BCUT2D eigenvalue weighted by Gasteiger charge is -2.28. The summed E-state index contributed by atoms with van der Waals surface area (Å²) in [5.74, 6) is 2.03. The molecular weight excluding hydrogens is 364 g/mol. The van der Waals surface area contributed by atoms with Gasteiger partial charge in [-0.3, -0.25) is 4.90 Å². The Morgan fingerprint density at radius 3 is 2.72 bits per heavy atom. The van der Waals surface area contributed by atoms with Crippen LogP contribution in [0.2, 0.25) is 0 Å². The van der Waals surface area contributed by atoms with E-state index in [0.717, 1.165) is 49.6 Å². The predicted octanol–water partition coefficient (Wildman–Crippen LogP) is 3.84. The normalized spacial score (nSPS) is 13.6. The summed E-state index contributed by atoms with van der Waals surface area (Å²) in [6.45, 7) is 2.96. The molecule has 0 radical (unpaired) electrons. The average molecular weight is 390 g/mol. The van der Waals surface area contributed by atoms with Gasteiger partial charge in [-0.05, 0) is 24.1 Å². The molecule has 150 valence electrons. The molecule has 1 N–H and O–H groups in total. The van der Waals surface area contributed by atoms with Gasteiger partial charge in [0, 0.05) is 43.9 Å². The minimum Gasteiger partial charge on any atom is -0.497 e. The van der Waals surface area contributed by atoms with E-state index >= 15 is 0 Å². The molecule has 0 spiro atoms. The number of ether oxygens (including phenoxy) is 2. The Morgan fingerprint density at radius 2 is 1.93 bits per heavy atom. The molecule has 1 aromatic heterocycles. The van der Waals surface area contributed by atoms with Crippen molar-refractivity contribution in [2.45, 2.75) is 19.4 Å². The van der Waals surface area contributed by atoms with Crippen molar-refractivity contribution in [3.8, 4) is 11.5 Å². The first-order chi connectivity index (χ1) is 14.2. The lowest BCUT2D eigenvalue weighted by molar-refractivity contribution is 0.254. The van der Waals surface area contributed by atoms with Crippen LogP contribution in [0.25, 0.3) is 0 Å². The fourth-order valence-electron chi connectivity index (χ4n) is 3.58. The minimum atomic E-state index is 0.588. The highest BCUT2D eigenvalue weighted by Gasteiger charge is 2.18. The zero-order chi connectivity index (χ0) is 20.1. The first kappa shape index (κ1) is 19.2. The SMILES string of the molecule is COc1ccc(Nc2ncc3c(n2)CCN(CCc2ccccc2)C3)c(OC)c1. The first-order valence-electron chi connectivity index (χ1n) is 9.85. The molecule has 6 nitrogen and oxygen atoms in total. The number of fused-ring (bicyclic) bond motifs is 1. The number of benzene rings is 2. The minimum absolute atomic E-state index is 0.588. The molecule has 0 unspecified atom stereocenters. The Labute approximate surface area is 171 Å². The molecule has 3 aromatic rings. The summed E-state index contributed by atoms with van der Waals surface area (Å²) in [7, 11) is 3.27. The number of rotatable bonds is 7. The van der Waals surface area contributed by atoms with Gasteiger partial charge in [0.05, 0.1) is 25.6 Å². The van der Waals surface area contributed by atoms with Crippen LogP contribution in [0.4, 0.5) is 11.6 Å². The molecule has 1 aliphatic heterocycles. The van der Waals surface area contributed by atoms with Crippen molar-refractivity contribution in [3.63, 3.8) is 0 Å². The van der Waals surface area contributed by atoms with E-state index in [2.05, 4.69) is 45.5 Å². The van der Waals surface area contributed by atoms with Crippen LogP contribution in [0.3, 0.4) is 0 Å². The largest absolute Gasteiger partial charge is 0.497 e. The second kappa shape index (κ2) is 8.92. The molecular formula is C23H26N4O2. The van der Waals surface area contributed by atoms with E-state index in [1.807, 2.05) is 24.4 Å². The van der Waals surface area contributed by atoms with Crippen LogP contribution in [-0.4, -0.2) is 42.2 Å². The number of nitrogens with zero attached hydrogens (tertiary/aromatic N) is 3. The van der Waals surface area contributed by atoms with E-state index in [1.54, 1.807) is 14.2 Å². The first-order valence-corrected chi connectivity index (χ1v) is 9.85. The maximum Gasteiger partial charge on any atom is 0.227 e. The Hall–Kier alpha value is -3.12. The van der Waals surface area contributed by atoms with Crippen molar-refractivity contribution in [1.82, 2.24) is 14.9 Å². The molecule has 0 fully saturated rings. The number of methoxy groups -OCH3 is 2. The molecule has 0 aliphatic carbocycles. The highest BCUT2D eigenvalue weighted by molar-refractivity contribution is 5.64. The maximum atomic E-state index is 5.45. The molecule has 6 heteroatoms. The molecule has 0 saturated carbocycles. The van der Waals surface area contributed by atoms with Crippen LogP contribution in [0.5, 0.6) is 11.5 Å². The molecule has 2 aromatic carbocycles. The fraction of sp³-hybridized carbons (Fsp3) is 0.304. The van der Waals surface area contributed by atoms with Crippen molar-refractivity contribution in [2.75, 3.05) is 32.6 Å². The van der Waals surface area contributed by atoms with Gasteiger partial charge < -0.3 is 14.8 Å². The van der Waals surface area contributed by atoms with E-state index in [-0.39, 0.29) is 0 Å². The monoisotopic (exact) mass is 390 g/mol. The van der Waals surface area contributed by atoms with Crippen LogP contribution >= 0.6 is 0 Å². The third-order valence-electron chi connectivity index (χ3n) is 5.23. The van der Waals surface area contributed by atoms with Gasteiger partial charge in [-0.25, -0.2) is 9.97 Å². The zero-order valence-electron chi connectivity index (χ0n) is 16.9. The van der Waals surface area contributed by atoms with Gasteiger partial charge in [-0.1, -0.05) is 30.3 Å². The van der Waals surface area contributed by atoms with E-state index in [9.17, 15) is 0 Å². The molecule has 1 aliphatic rings. The number of hydrogen-bond donors (Lipinski definition) is 1. The molecule has 0 amide bonds. The Bertz CT molecular complexity index is 962. The van der Waals surface area contributed by atoms with Crippen molar-refractivity contribution >= 4 is 11.6 Å². The van der Waals surface area contributed by atoms with Crippen LogP contribution in [0.1, 0.15) is 16.8 Å². The average Bonchev–Trinajstić information content (AvgIpc) is 2.78. The lowest BCUT2D eigenvalue weighted by Crippen LogP contribution is -2.33. The zero-order valence-corrected chi connectivity index (χ0v) is 16.9. The summed E-state index contributed by atoms with van der Waals surface area (Å²) in [6.07, 6.45) is 3.93. The summed E-state index contributed by atoms with van der Waals surface area (Å²) in [5, 5.41) is 3.27. The lowest BCUT2D eigenvalue weighted by atomic mass is 10.1. The van der Waals surface area contributed by atoms with Crippen LogP contribution in [0.15, 0.2) is 54.7 Å². The highest BCUT2D eigenvalue weighted by Crippen LogP contribution is 2.31. The van der Waals surface area contributed by atoms with Gasteiger partial charge in [-0.2, -0.15) is 0 Å². The summed E-state index contributed by atoms with van der Waals surface area (Å²) >= 11 is 0. The molecule has 4 rings (SSSR count). The summed E-state index contributed by atoms with van der Waals surface area (Å²) in [6, 6.07) is 16.3. The van der Waals surface area contributed by atoms with Crippen molar-refractivity contribution in [1.29, 1.82) is 0 Å². The van der Waals surface area contributed by atoms with E-state index in [4.69, 9.17) is 14.5 Å². The Balaban J connectivity index is 1.41. The standard InChI is InChI=1S/C23H26N4O2/c1-28-19-8-9-21(22(14-19)29-2)26-23-24-15-18-16-27(13-11-20(18)25-23)12-10-17-6-4-3-5-7-17/h3-9,14-15H,10-13,16H2,1-2H3,(H,24,25,26). The van der Waals surface area contributed by atoms with Gasteiger partial charge in [0.15, 0.2) is 0 Å². The van der Waals surface area contributed by atoms with E-state index in [1.165, 1.54) is 11.1 Å². The van der Waals surface area contributed by atoms with Gasteiger partial charge in [0.1, 0.15) is 11.5 Å². The van der Waals surface area contributed by atoms with E-state index in [0.29, 0.717) is 11.7 Å². The fourth-order valence-corrected chi connectivity index (χ4v) is 3.58. The summed E-state index contributed by atoms with van der Waals surface area (Å²) in [4.78, 5) is 11.7. The number of hydrogen-bond acceptors (Lipinski definition) is 6. The smallest absolute Gasteiger partial charge is 0.227 e. The third kappa shape index (κ3) is 4.66. The third-order valence-corrected chi connectivity index (χ3v) is 5.23. The molecule has 0 bridgehead atoms. The second-order valence-electron chi connectivity index (χ2n) is 7.12. The summed E-state index contributed by atoms with van der Waals surface area (Å²) < 4.78 is 10.7. The predicted molar refractivity (Wildman–Crippen MR) is 114 cm³/mol. The number of anilines is 2. The molecule has 2 heterocycles. The Morgan fingerprint density at radius 1 is 1.07 bits per heavy atom. The molecule has 0 atom stereocenters. The molecule has 29 heavy (non-hydrogen) atoms. The van der Waals surface area contributed by atoms with Crippen LogP contribution in [-0.2, 0) is 19.4 Å². The maximum absolute atomic E-state index is 5.45.